The number of aryl methyl sites for hydroxylation is 1. The van der Waals surface area contributed by atoms with E-state index in [1.807, 2.05) is 19.1 Å². The molecule has 30 heavy (non-hydrogen) atoms. The standard InChI is InChI=1S/C22H18N4O4/c1-15-7-2-3-10-18(15)21(27)24-20-12-5-4-11-19(20)22(28)25-23-14-16-8-6-9-17(13-16)26(29)30/h2-14H,1H3,(H,24,27)(H,25,28)/b23-14+. The summed E-state index contributed by atoms with van der Waals surface area (Å²) in [6.07, 6.45) is 1.30. The molecule has 0 spiro atoms. The minimum Gasteiger partial charge on any atom is -0.321 e. The second-order valence-electron chi connectivity index (χ2n) is 6.37. The van der Waals surface area contributed by atoms with Crippen molar-refractivity contribution in [3.8, 4) is 0 Å². The Morgan fingerprint density at radius 1 is 0.933 bits per heavy atom. The van der Waals surface area contributed by atoms with Crippen molar-refractivity contribution < 1.29 is 14.5 Å². The summed E-state index contributed by atoms with van der Waals surface area (Å²) >= 11 is 0. The minimum absolute atomic E-state index is 0.0745. The van der Waals surface area contributed by atoms with Crippen LogP contribution in [0.15, 0.2) is 77.9 Å². The van der Waals surface area contributed by atoms with Crippen molar-refractivity contribution in [2.24, 2.45) is 5.10 Å². The Bertz CT molecular complexity index is 1140. The number of hydrogen-bond donors (Lipinski definition) is 2. The summed E-state index contributed by atoms with van der Waals surface area (Å²) in [5, 5.41) is 17.4. The summed E-state index contributed by atoms with van der Waals surface area (Å²) in [5.74, 6) is -0.856. The van der Waals surface area contributed by atoms with Crippen molar-refractivity contribution in [3.63, 3.8) is 0 Å². The largest absolute Gasteiger partial charge is 0.321 e. The van der Waals surface area contributed by atoms with Gasteiger partial charge in [-0.3, -0.25) is 19.7 Å². The fourth-order valence-corrected chi connectivity index (χ4v) is 2.75. The van der Waals surface area contributed by atoms with E-state index in [4.69, 9.17) is 0 Å². The number of anilines is 1. The fourth-order valence-electron chi connectivity index (χ4n) is 2.75. The van der Waals surface area contributed by atoms with Crippen molar-refractivity contribution in [1.29, 1.82) is 0 Å². The summed E-state index contributed by atoms with van der Waals surface area (Å²) in [6, 6.07) is 19.6. The fraction of sp³-hybridized carbons (Fsp3) is 0.0455. The van der Waals surface area contributed by atoms with Gasteiger partial charge >= 0.3 is 0 Å². The Morgan fingerprint density at radius 2 is 1.63 bits per heavy atom. The molecule has 0 bridgehead atoms. The molecule has 2 N–H and O–H groups in total. The molecule has 0 aliphatic heterocycles. The first kappa shape index (κ1) is 20.4. The maximum Gasteiger partial charge on any atom is 0.273 e. The molecule has 0 fully saturated rings. The Morgan fingerprint density at radius 3 is 2.37 bits per heavy atom. The zero-order chi connectivity index (χ0) is 21.5. The number of non-ortho nitro benzene ring substituents is 1. The maximum atomic E-state index is 12.6. The normalized spacial score (nSPS) is 10.6. The van der Waals surface area contributed by atoms with E-state index in [9.17, 15) is 19.7 Å². The summed E-state index contributed by atoms with van der Waals surface area (Å²) in [4.78, 5) is 35.4. The van der Waals surface area contributed by atoms with Gasteiger partial charge < -0.3 is 5.32 Å². The van der Waals surface area contributed by atoms with Crippen LogP contribution in [0.4, 0.5) is 11.4 Å². The van der Waals surface area contributed by atoms with Crippen LogP contribution in [0.1, 0.15) is 31.8 Å². The quantitative estimate of drug-likeness (QED) is 0.369. The first-order valence-corrected chi connectivity index (χ1v) is 8.99. The molecule has 0 saturated carbocycles. The van der Waals surface area contributed by atoms with Gasteiger partial charge in [0.25, 0.3) is 17.5 Å². The van der Waals surface area contributed by atoms with Crippen LogP contribution >= 0.6 is 0 Å². The van der Waals surface area contributed by atoms with Crippen LogP contribution in [-0.4, -0.2) is 23.0 Å². The number of nitrogens with zero attached hydrogens (tertiary/aromatic N) is 2. The van der Waals surface area contributed by atoms with Crippen LogP contribution in [-0.2, 0) is 0 Å². The summed E-state index contributed by atoms with van der Waals surface area (Å²) < 4.78 is 0. The van der Waals surface area contributed by atoms with Gasteiger partial charge in [-0.05, 0) is 30.7 Å². The van der Waals surface area contributed by atoms with Gasteiger partial charge in [0.2, 0.25) is 0 Å². The van der Waals surface area contributed by atoms with E-state index in [0.29, 0.717) is 16.8 Å². The van der Waals surface area contributed by atoms with Crippen LogP contribution in [0.3, 0.4) is 0 Å². The van der Waals surface area contributed by atoms with Gasteiger partial charge in [0, 0.05) is 23.3 Å². The highest BCUT2D eigenvalue weighted by atomic mass is 16.6. The van der Waals surface area contributed by atoms with Gasteiger partial charge in [-0.1, -0.05) is 42.5 Å². The van der Waals surface area contributed by atoms with Crippen molar-refractivity contribution in [2.75, 3.05) is 5.32 Å². The lowest BCUT2D eigenvalue weighted by molar-refractivity contribution is -0.384. The molecule has 3 aromatic carbocycles. The molecule has 150 valence electrons. The van der Waals surface area contributed by atoms with E-state index in [0.717, 1.165) is 5.56 Å². The maximum absolute atomic E-state index is 12.6. The number of benzene rings is 3. The van der Waals surface area contributed by atoms with Crippen molar-refractivity contribution in [2.45, 2.75) is 6.92 Å². The van der Waals surface area contributed by atoms with Gasteiger partial charge in [0.1, 0.15) is 0 Å². The molecule has 8 nitrogen and oxygen atoms in total. The number of hydrogen-bond acceptors (Lipinski definition) is 5. The zero-order valence-corrected chi connectivity index (χ0v) is 16.0. The number of carbonyl (C=O) groups is 2. The van der Waals surface area contributed by atoms with E-state index in [-0.39, 0.29) is 17.2 Å². The SMILES string of the molecule is Cc1ccccc1C(=O)Nc1ccccc1C(=O)N/N=C/c1cccc([N+](=O)[O-])c1. The van der Waals surface area contributed by atoms with E-state index in [1.54, 1.807) is 42.5 Å². The van der Waals surface area contributed by atoms with Crippen LogP contribution in [0, 0.1) is 17.0 Å². The second-order valence-corrected chi connectivity index (χ2v) is 6.37. The molecule has 0 heterocycles. The van der Waals surface area contributed by atoms with Crippen LogP contribution in [0.25, 0.3) is 0 Å². The molecule has 0 aliphatic carbocycles. The first-order chi connectivity index (χ1) is 14.5. The third kappa shape index (κ3) is 4.93. The van der Waals surface area contributed by atoms with Gasteiger partial charge in [-0.25, -0.2) is 5.43 Å². The van der Waals surface area contributed by atoms with E-state index in [2.05, 4.69) is 15.8 Å². The zero-order valence-electron chi connectivity index (χ0n) is 16.0. The molecule has 3 rings (SSSR count). The number of nitrogens with one attached hydrogen (secondary N) is 2. The number of amides is 2. The number of nitro benzene ring substituents is 1. The monoisotopic (exact) mass is 402 g/mol. The Balaban J connectivity index is 1.73. The molecule has 0 atom stereocenters. The molecule has 0 radical (unpaired) electrons. The van der Waals surface area contributed by atoms with E-state index in [1.165, 1.54) is 24.4 Å². The molecule has 8 heteroatoms. The first-order valence-electron chi connectivity index (χ1n) is 8.99. The molecule has 2 amide bonds. The van der Waals surface area contributed by atoms with E-state index < -0.39 is 10.8 Å². The molecule has 0 unspecified atom stereocenters. The highest BCUT2D eigenvalue weighted by molar-refractivity contribution is 6.09. The van der Waals surface area contributed by atoms with Gasteiger partial charge in [0.15, 0.2) is 0 Å². The average Bonchev–Trinajstić information content (AvgIpc) is 2.74. The predicted molar refractivity (Wildman–Crippen MR) is 114 cm³/mol. The summed E-state index contributed by atoms with van der Waals surface area (Å²) in [7, 11) is 0. The summed E-state index contributed by atoms with van der Waals surface area (Å²) in [5.41, 5.74) is 4.66. The average molecular weight is 402 g/mol. The smallest absolute Gasteiger partial charge is 0.273 e. The van der Waals surface area contributed by atoms with Crippen molar-refractivity contribution in [1.82, 2.24) is 5.43 Å². The van der Waals surface area contributed by atoms with E-state index >= 15 is 0 Å². The number of rotatable bonds is 6. The molecule has 0 aromatic heterocycles. The van der Waals surface area contributed by atoms with Crippen LogP contribution < -0.4 is 10.7 Å². The molecule has 0 saturated heterocycles. The lowest BCUT2D eigenvalue weighted by Gasteiger charge is -2.11. The number of para-hydroxylation sites is 1. The highest BCUT2D eigenvalue weighted by Crippen LogP contribution is 2.17. The topological polar surface area (TPSA) is 114 Å². The molecular weight excluding hydrogens is 384 g/mol. The molecule has 3 aromatic rings. The van der Waals surface area contributed by atoms with Gasteiger partial charge in [0.05, 0.1) is 22.4 Å². The molecular formula is C22H18N4O4. The highest BCUT2D eigenvalue weighted by Gasteiger charge is 2.14. The van der Waals surface area contributed by atoms with Crippen molar-refractivity contribution in [3.05, 3.63) is 105 Å². The lowest BCUT2D eigenvalue weighted by Crippen LogP contribution is -2.21. The van der Waals surface area contributed by atoms with Gasteiger partial charge in [-0.15, -0.1) is 0 Å². The second kappa shape index (κ2) is 9.24. The molecule has 0 aliphatic rings. The van der Waals surface area contributed by atoms with Crippen molar-refractivity contribution >= 4 is 29.4 Å². The lowest BCUT2D eigenvalue weighted by atomic mass is 10.1. The minimum atomic E-state index is -0.530. The third-order valence-electron chi connectivity index (χ3n) is 4.27. The number of nitro groups is 1. The van der Waals surface area contributed by atoms with Crippen LogP contribution in [0.2, 0.25) is 0 Å². The summed E-state index contributed by atoms with van der Waals surface area (Å²) in [6.45, 7) is 1.83. The Hall–Kier alpha value is -4.33. The number of carbonyl (C=O) groups excluding carboxylic acids is 2. The van der Waals surface area contributed by atoms with Crippen LogP contribution in [0.5, 0.6) is 0 Å². The Kier molecular flexibility index (Phi) is 6.29. The third-order valence-corrected chi connectivity index (χ3v) is 4.27. The predicted octanol–water partition coefficient (Wildman–Crippen LogP) is 3.92. The Labute approximate surface area is 172 Å². The number of hydrazone groups is 1. The van der Waals surface area contributed by atoms with Gasteiger partial charge in [-0.2, -0.15) is 5.10 Å².